The molecule has 0 aliphatic rings. The summed E-state index contributed by atoms with van der Waals surface area (Å²) in [5.74, 6) is -0.315. The van der Waals surface area contributed by atoms with E-state index in [1.54, 1.807) is 18.3 Å². The zero-order valence-corrected chi connectivity index (χ0v) is 11.9. The van der Waals surface area contributed by atoms with E-state index in [4.69, 9.17) is 10.2 Å². The summed E-state index contributed by atoms with van der Waals surface area (Å²) in [5.41, 5.74) is 1.65. The number of aliphatic hydroxyl groups is 2. The molecule has 2 rings (SSSR count). The number of carbonyl (C=O) groups is 1. The first-order valence-corrected chi connectivity index (χ1v) is 7.44. The highest BCUT2D eigenvalue weighted by Gasteiger charge is 2.18. The predicted molar refractivity (Wildman–Crippen MR) is 75.6 cm³/mol. The Morgan fingerprint density at radius 3 is 2.79 bits per heavy atom. The Hall–Kier alpha value is -1.28. The average molecular weight is 298 g/mol. The van der Waals surface area contributed by atoms with Crippen LogP contribution in [-0.4, -0.2) is 40.4 Å². The van der Waals surface area contributed by atoms with Crippen LogP contribution in [0.3, 0.4) is 0 Å². The summed E-state index contributed by atoms with van der Waals surface area (Å²) in [6, 6.07) is 1.31. The van der Waals surface area contributed by atoms with Crippen LogP contribution in [-0.2, 0) is 0 Å². The quantitative estimate of drug-likeness (QED) is 0.776. The molecule has 0 atom stereocenters. The third-order valence-corrected chi connectivity index (χ3v) is 4.44. The van der Waals surface area contributed by atoms with Gasteiger partial charge in [0.05, 0.1) is 24.9 Å². The van der Waals surface area contributed by atoms with E-state index < -0.39 is 6.04 Å². The lowest BCUT2D eigenvalue weighted by Gasteiger charge is -2.12. The highest BCUT2D eigenvalue weighted by Crippen LogP contribution is 2.29. The van der Waals surface area contributed by atoms with Crippen LogP contribution in [0.1, 0.15) is 15.4 Å². The van der Waals surface area contributed by atoms with E-state index in [0.717, 1.165) is 10.6 Å². The molecule has 19 heavy (non-hydrogen) atoms. The van der Waals surface area contributed by atoms with Crippen LogP contribution in [0, 0.1) is 6.92 Å². The Morgan fingerprint density at radius 1 is 1.47 bits per heavy atom. The van der Waals surface area contributed by atoms with E-state index >= 15 is 0 Å². The third-order valence-electron chi connectivity index (χ3n) is 2.55. The Labute approximate surface area is 118 Å². The van der Waals surface area contributed by atoms with Crippen molar-refractivity contribution in [2.24, 2.45) is 0 Å². The van der Waals surface area contributed by atoms with Crippen LogP contribution < -0.4 is 5.32 Å². The molecule has 0 saturated carbocycles. The van der Waals surface area contributed by atoms with Gasteiger partial charge in [0.25, 0.3) is 5.91 Å². The van der Waals surface area contributed by atoms with Crippen LogP contribution in [0.4, 0.5) is 0 Å². The number of aromatic nitrogens is 1. The fraction of sp³-hybridized carbons (Fsp3) is 0.333. The molecule has 0 radical (unpaired) electrons. The molecular weight excluding hydrogens is 284 g/mol. The van der Waals surface area contributed by atoms with Crippen LogP contribution in [0.25, 0.3) is 10.6 Å². The topological polar surface area (TPSA) is 82.5 Å². The van der Waals surface area contributed by atoms with E-state index in [-0.39, 0.29) is 19.1 Å². The maximum Gasteiger partial charge on any atom is 0.263 e. The molecule has 0 unspecified atom stereocenters. The Balaban J connectivity index is 2.19. The van der Waals surface area contributed by atoms with Crippen molar-refractivity contribution in [1.82, 2.24) is 10.3 Å². The fourth-order valence-corrected chi connectivity index (χ4v) is 3.20. The fourth-order valence-electron chi connectivity index (χ4n) is 1.52. The van der Waals surface area contributed by atoms with Gasteiger partial charge in [-0.1, -0.05) is 0 Å². The van der Waals surface area contributed by atoms with E-state index in [9.17, 15) is 4.79 Å². The zero-order valence-electron chi connectivity index (χ0n) is 10.3. The molecule has 7 heteroatoms. The van der Waals surface area contributed by atoms with E-state index in [2.05, 4.69) is 10.3 Å². The van der Waals surface area contributed by atoms with Gasteiger partial charge in [-0.2, -0.15) is 11.3 Å². The summed E-state index contributed by atoms with van der Waals surface area (Å²) in [7, 11) is 0. The first-order valence-electron chi connectivity index (χ1n) is 5.68. The van der Waals surface area contributed by atoms with E-state index in [0.29, 0.717) is 10.6 Å². The number of aliphatic hydroxyl groups excluding tert-OH is 2. The summed E-state index contributed by atoms with van der Waals surface area (Å²) in [6.07, 6.45) is 0. The van der Waals surface area contributed by atoms with Crippen molar-refractivity contribution in [3.63, 3.8) is 0 Å². The number of carbonyl (C=O) groups excluding carboxylic acids is 1. The number of nitrogens with zero attached hydrogens (tertiary/aromatic N) is 1. The zero-order chi connectivity index (χ0) is 13.8. The predicted octanol–water partition coefficient (Wildman–Crippen LogP) is 1.26. The molecule has 2 aromatic heterocycles. The van der Waals surface area contributed by atoms with Crippen molar-refractivity contribution in [3.8, 4) is 10.6 Å². The van der Waals surface area contributed by atoms with Crippen molar-refractivity contribution in [2.45, 2.75) is 13.0 Å². The molecule has 2 heterocycles. The Morgan fingerprint density at radius 2 is 2.21 bits per heavy atom. The maximum atomic E-state index is 12.0. The van der Waals surface area contributed by atoms with Crippen LogP contribution in [0.2, 0.25) is 0 Å². The summed E-state index contributed by atoms with van der Waals surface area (Å²) >= 11 is 2.88. The van der Waals surface area contributed by atoms with Gasteiger partial charge in [-0.25, -0.2) is 4.98 Å². The Bertz CT molecular complexity index is 547. The molecular formula is C12H14N2O3S2. The van der Waals surface area contributed by atoms with Gasteiger partial charge in [0.1, 0.15) is 9.88 Å². The second-order valence-corrected chi connectivity index (χ2v) is 5.76. The second-order valence-electron chi connectivity index (χ2n) is 3.98. The number of rotatable bonds is 5. The van der Waals surface area contributed by atoms with E-state index in [1.807, 2.05) is 16.8 Å². The molecule has 1 amide bonds. The summed E-state index contributed by atoms with van der Waals surface area (Å²) in [5, 5.41) is 25.2. The molecule has 0 spiro atoms. The minimum atomic E-state index is -0.640. The molecule has 2 aromatic rings. The summed E-state index contributed by atoms with van der Waals surface area (Å²) < 4.78 is 0. The van der Waals surface area contributed by atoms with Crippen molar-refractivity contribution in [2.75, 3.05) is 13.2 Å². The summed E-state index contributed by atoms with van der Waals surface area (Å²) in [4.78, 5) is 16.9. The van der Waals surface area contributed by atoms with Gasteiger partial charge in [-0.15, -0.1) is 11.3 Å². The van der Waals surface area contributed by atoms with Crippen LogP contribution >= 0.6 is 22.7 Å². The third kappa shape index (κ3) is 3.19. The number of hydrogen-bond acceptors (Lipinski definition) is 6. The van der Waals surface area contributed by atoms with Crippen molar-refractivity contribution in [1.29, 1.82) is 0 Å². The molecule has 0 fully saturated rings. The maximum absolute atomic E-state index is 12.0. The Kier molecular flexibility index (Phi) is 4.65. The monoisotopic (exact) mass is 298 g/mol. The van der Waals surface area contributed by atoms with Gasteiger partial charge < -0.3 is 15.5 Å². The number of thiazole rings is 1. The number of hydrogen-bond donors (Lipinski definition) is 3. The first kappa shape index (κ1) is 14.1. The lowest BCUT2D eigenvalue weighted by molar-refractivity contribution is 0.0882. The lowest BCUT2D eigenvalue weighted by Crippen LogP contribution is -2.40. The van der Waals surface area contributed by atoms with Crippen molar-refractivity contribution in [3.05, 3.63) is 27.4 Å². The summed E-state index contributed by atoms with van der Waals surface area (Å²) in [6.45, 7) is 1.18. The normalized spacial score (nSPS) is 10.9. The second kappa shape index (κ2) is 6.25. The molecule has 0 aliphatic carbocycles. The molecule has 5 nitrogen and oxygen atoms in total. The SMILES string of the molecule is Cc1nc(-c2ccsc2)sc1C(=O)NC(CO)CO. The molecule has 0 aromatic carbocycles. The number of thiophene rings is 1. The smallest absolute Gasteiger partial charge is 0.263 e. The first-order chi connectivity index (χ1) is 9.15. The standard InChI is InChI=1S/C12H14N2O3S2/c1-7-10(11(17)14-9(4-15)5-16)19-12(13-7)8-2-3-18-6-8/h2-3,6,9,15-16H,4-5H2,1H3,(H,14,17). The molecule has 3 N–H and O–H groups in total. The molecule has 0 bridgehead atoms. The van der Waals surface area contributed by atoms with Gasteiger partial charge in [0, 0.05) is 10.9 Å². The molecule has 0 aliphatic heterocycles. The highest BCUT2D eigenvalue weighted by atomic mass is 32.1. The van der Waals surface area contributed by atoms with Gasteiger partial charge in [-0.05, 0) is 18.4 Å². The number of aryl methyl sites for hydroxylation is 1. The van der Waals surface area contributed by atoms with Crippen molar-refractivity contribution < 1.29 is 15.0 Å². The van der Waals surface area contributed by atoms with E-state index in [1.165, 1.54) is 11.3 Å². The average Bonchev–Trinajstić information content (AvgIpc) is 3.04. The van der Waals surface area contributed by atoms with Gasteiger partial charge in [-0.3, -0.25) is 4.79 Å². The molecule has 0 saturated heterocycles. The lowest BCUT2D eigenvalue weighted by atomic mass is 10.3. The highest BCUT2D eigenvalue weighted by molar-refractivity contribution is 7.17. The number of nitrogens with one attached hydrogen (secondary N) is 1. The van der Waals surface area contributed by atoms with Crippen LogP contribution in [0.15, 0.2) is 16.8 Å². The van der Waals surface area contributed by atoms with Crippen LogP contribution in [0.5, 0.6) is 0 Å². The van der Waals surface area contributed by atoms with Gasteiger partial charge in [0.15, 0.2) is 0 Å². The molecule has 102 valence electrons. The van der Waals surface area contributed by atoms with Gasteiger partial charge >= 0.3 is 0 Å². The largest absolute Gasteiger partial charge is 0.394 e. The van der Waals surface area contributed by atoms with Crippen molar-refractivity contribution >= 4 is 28.6 Å². The minimum absolute atomic E-state index is 0.294. The van der Waals surface area contributed by atoms with Gasteiger partial charge in [0.2, 0.25) is 0 Å². The minimum Gasteiger partial charge on any atom is -0.394 e. The number of amides is 1.